The number of aryl methyl sites for hydroxylation is 2. The van der Waals surface area contributed by atoms with Gasteiger partial charge in [-0.1, -0.05) is 0 Å². The minimum atomic E-state index is -0.946. The molecule has 0 fully saturated rings. The molecule has 0 saturated heterocycles. The van der Waals surface area contributed by atoms with Crippen LogP contribution in [0.3, 0.4) is 0 Å². The standard InChI is InChI=1S/C14H19N3O3/c1-10(5-6-11-4-3-7-20-11)15-9-13-12(14(18)19)8-16-17(13)2/h3-4,7-8,10,15H,5-6,9H2,1-2H3,(H,18,19). The van der Waals surface area contributed by atoms with Gasteiger partial charge in [0.15, 0.2) is 0 Å². The quantitative estimate of drug-likeness (QED) is 0.807. The molecule has 2 N–H and O–H groups in total. The molecule has 2 heterocycles. The Kier molecular flexibility index (Phi) is 4.57. The van der Waals surface area contributed by atoms with E-state index in [0.29, 0.717) is 12.2 Å². The molecule has 0 bridgehead atoms. The van der Waals surface area contributed by atoms with Crippen molar-refractivity contribution in [2.45, 2.75) is 32.4 Å². The molecule has 108 valence electrons. The molecule has 6 heteroatoms. The number of aromatic carboxylic acids is 1. The first-order valence-electron chi connectivity index (χ1n) is 6.58. The van der Waals surface area contributed by atoms with Crippen LogP contribution < -0.4 is 5.32 Å². The Balaban J connectivity index is 1.85. The third-order valence-electron chi connectivity index (χ3n) is 3.31. The Morgan fingerprint density at radius 1 is 1.60 bits per heavy atom. The lowest BCUT2D eigenvalue weighted by molar-refractivity contribution is 0.0695. The predicted molar refractivity (Wildman–Crippen MR) is 73.5 cm³/mol. The number of hydrogen-bond acceptors (Lipinski definition) is 4. The van der Waals surface area contributed by atoms with Gasteiger partial charge in [0.05, 0.1) is 18.2 Å². The number of carbonyl (C=O) groups is 1. The summed E-state index contributed by atoms with van der Waals surface area (Å²) in [4.78, 5) is 11.1. The molecule has 0 radical (unpaired) electrons. The Bertz CT molecular complexity index is 560. The van der Waals surface area contributed by atoms with Crippen LogP contribution in [-0.4, -0.2) is 26.9 Å². The van der Waals surface area contributed by atoms with Crippen molar-refractivity contribution in [3.8, 4) is 0 Å². The minimum Gasteiger partial charge on any atom is -0.478 e. The molecule has 0 amide bonds. The molecule has 2 aromatic rings. The van der Waals surface area contributed by atoms with E-state index < -0.39 is 5.97 Å². The highest BCUT2D eigenvalue weighted by Gasteiger charge is 2.15. The van der Waals surface area contributed by atoms with E-state index >= 15 is 0 Å². The molecule has 6 nitrogen and oxygen atoms in total. The van der Waals surface area contributed by atoms with Gasteiger partial charge in [0.1, 0.15) is 11.3 Å². The Morgan fingerprint density at radius 2 is 2.40 bits per heavy atom. The van der Waals surface area contributed by atoms with Crippen molar-refractivity contribution in [1.82, 2.24) is 15.1 Å². The second-order valence-corrected chi connectivity index (χ2v) is 4.83. The number of furan rings is 1. The van der Waals surface area contributed by atoms with Crippen molar-refractivity contribution in [2.24, 2.45) is 7.05 Å². The van der Waals surface area contributed by atoms with Crippen LogP contribution >= 0.6 is 0 Å². The van der Waals surface area contributed by atoms with Gasteiger partial charge in [0.2, 0.25) is 0 Å². The molecule has 0 aromatic carbocycles. The summed E-state index contributed by atoms with van der Waals surface area (Å²) < 4.78 is 6.88. The third kappa shape index (κ3) is 3.48. The van der Waals surface area contributed by atoms with Crippen LogP contribution in [0.15, 0.2) is 29.0 Å². The number of hydrogen-bond donors (Lipinski definition) is 2. The minimum absolute atomic E-state index is 0.248. The normalized spacial score (nSPS) is 12.5. The Morgan fingerprint density at radius 3 is 3.05 bits per heavy atom. The van der Waals surface area contributed by atoms with E-state index in [1.165, 1.54) is 6.20 Å². The molecule has 1 atom stereocenters. The topological polar surface area (TPSA) is 80.3 Å². The molecule has 0 spiro atoms. The van der Waals surface area contributed by atoms with E-state index in [-0.39, 0.29) is 11.6 Å². The fraction of sp³-hybridized carbons (Fsp3) is 0.429. The van der Waals surface area contributed by atoms with E-state index in [9.17, 15) is 4.79 Å². The van der Waals surface area contributed by atoms with Crippen molar-refractivity contribution in [3.63, 3.8) is 0 Å². The Hall–Kier alpha value is -2.08. The number of carboxylic acids is 1. The van der Waals surface area contributed by atoms with E-state index in [1.54, 1.807) is 18.0 Å². The van der Waals surface area contributed by atoms with Gasteiger partial charge in [-0.2, -0.15) is 5.10 Å². The highest BCUT2D eigenvalue weighted by Crippen LogP contribution is 2.09. The van der Waals surface area contributed by atoms with Gasteiger partial charge < -0.3 is 14.8 Å². The summed E-state index contributed by atoms with van der Waals surface area (Å²) in [5.74, 6) is 0.0172. The lowest BCUT2D eigenvalue weighted by atomic mass is 10.1. The average Bonchev–Trinajstić information content (AvgIpc) is 3.03. The first-order valence-corrected chi connectivity index (χ1v) is 6.58. The summed E-state index contributed by atoms with van der Waals surface area (Å²) in [7, 11) is 1.75. The van der Waals surface area contributed by atoms with Gasteiger partial charge in [0, 0.05) is 26.1 Å². The second-order valence-electron chi connectivity index (χ2n) is 4.83. The molecular weight excluding hydrogens is 258 g/mol. The van der Waals surface area contributed by atoms with Crippen LogP contribution in [0.5, 0.6) is 0 Å². The maximum Gasteiger partial charge on any atom is 0.339 e. The van der Waals surface area contributed by atoms with Crippen LogP contribution in [0.2, 0.25) is 0 Å². The monoisotopic (exact) mass is 277 g/mol. The molecule has 1 unspecified atom stereocenters. The highest BCUT2D eigenvalue weighted by molar-refractivity contribution is 5.88. The average molecular weight is 277 g/mol. The summed E-state index contributed by atoms with van der Waals surface area (Å²) >= 11 is 0. The zero-order valence-electron chi connectivity index (χ0n) is 11.7. The van der Waals surface area contributed by atoms with Gasteiger partial charge in [-0.3, -0.25) is 4.68 Å². The number of nitrogens with zero attached hydrogens (tertiary/aromatic N) is 2. The van der Waals surface area contributed by atoms with Gasteiger partial charge in [-0.15, -0.1) is 0 Å². The number of rotatable bonds is 7. The zero-order valence-corrected chi connectivity index (χ0v) is 11.7. The molecule has 0 saturated carbocycles. The molecule has 2 aromatic heterocycles. The van der Waals surface area contributed by atoms with Crippen molar-refractivity contribution in [1.29, 1.82) is 0 Å². The van der Waals surface area contributed by atoms with Crippen molar-refractivity contribution < 1.29 is 14.3 Å². The first kappa shape index (κ1) is 14.3. The van der Waals surface area contributed by atoms with E-state index in [2.05, 4.69) is 17.3 Å². The maximum absolute atomic E-state index is 11.1. The SMILES string of the molecule is CC(CCc1ccco1)NCc1c(C(=O)O)cnn1C. The molecular formula is C14H19N3O3. The van der Waals surface area contributed by atoms with E-state index in [4.69, 9.17) is 9.52 Å². The highest BCUT2D eigenvalue weighted by atomic mass is 16.4. The lowest BCUT2D eigenvalue weighted by Gasteiger charge is -2.13. The van der Waals surface area contributed by atoms with Crippen LogP contribution in [0.25, 0.3) is 0 Å². The number of nitrogens with one attached hydrogen (secondary N) is 1. The fourth-order valence-corrected chi connectivity index (χ4v) is 2.04. The van der Waals surface area contributed by atoms with Crippen molar-refractivity contribution >= 4 is 5.97 Å². The predicted octanol–water partition coefficient (Wildman–Crippen LogP) is 1.82. The molecule has 2 rings (SSSR count). The van der Waals surface area contributed by atoms with Gasteiger partial charge >= 0.3 is 5.97 Å². The second kappa shape index (κ2) is 6.38. The van der Waals surface area contributed by atoms with Crippen molar-refractivity contribution in [2.75, 3.05) is 0 Å². The van der Waals surface area contributed by atoms with Gasteiger partial charge in [-0.25, -0.2) is 4.79 Å². The summed E-state index contributed by atoms with van der Waals surface area (Å²) in [6.45, 7) is 2.55. The zero-order chi connectivity index (χ0) is 14.5. The van der Waals surface area contributed by atoms with Crippen molar-refractivity contribution in [3.05, 3.63) is 41.6 Å². The van der Waals surface area contributed by atoms with Crippen LogP contribution in [0.1, 0.15) is 35.2 Å². The molecule has 20 heavy (non-hydrogen) atoms. The Labute approximate surface area is 117 Å². The maximum atomic E-state index is 11.1. The number of aromatic nitrogens is 2. The molecule has 0 aliphatic rings. The summed E-state index contributed by atoms with van der Waals surface area (Å²) in [6, 6.07) is 4.09. The van der Waals surface area contributed by atoms with E-state index in [0.717, 1.165) is 18.6 Å². The third-order valence-corrected chi connectivity index (χ3v) is 3.31. The smallest absolute Gasteiger partial charge is 0.339 e. The van der Waals surface area contributed by atoms with Crippen LogP contribution in [0, 0.1) is 0 Å². The summed E-state index contributed by atoms with van der Waals surface area (Å²) in [5, 5.41) is 16.4. The van der Waals surface area contributed by atoms with E-state index in [1.807, 2.05) is 12.1 Å². The fourth-order valence-electron chi connectivity index (χ4n) is 2.04. The van der Waals surface area contributed by atoms with Gasteiger partial charge in [-0.05, 0) is 25.5 Å². The number of carboxylic acid groups (broad SMARTS) is 1. The van der Waals surface area contributed by atoms with Crippen LogP contribution in [0.4, 0.5) is 0 Å². The molecule has 0 aliphatic heterocycles. The molecule has 0 aliphatic carbocycles. The first-order chi connectivity index (χ1) is 9.58. The van der Waals surface area contributed by atoms with Crippen LogP contribution in [-0.2, 0) is 20.0 Å². The lowest BCUT2D eigenvalue weighted by Crippen LogP contribution is -2.27. The summed E-state index contributed by atoms with van der Waals surface area (Å²) in [6.07, 6.45) is 4.83. The largest absolute Gasteiger partial charge is 0.478 e. The van der Waals surface area contributed by atoms with Gasteiger partial charge in [0.25, 0.3) is 0 Å². The summed E-state index contributed by atoms with van der Waals surface area (Å²) in [5.41, 5.74) is 0.931.